The van der Waals surface area contributed by atoms with Gasteiger partial charge in [0.15, 0.2) is 0 Å². The Kier molecular flexibility index (Phi) is 5.88. The summed E-state index contributed by atoms with van der Waals surface area (Å²) < 4.78 is 15.4. The van der Waals surface area contributed by atoms with Crippen molar-refractivity contribution >= 4 is 12.1 Å². The topological polar surface area (TPSA) is 81.0 Å². The van der Waals surface area contributed by atoms with Gasteiger partial charge in [-0.25, -0.2) is 9.59 Å². The predicted molar refractivity (Wildman–Crippen MR) is 87.7 cm³/mol. The number of amides is 1. The van der Waals surface area contributed by atoms with Crippen LogP contribution in [0.15, 0.2) is 16.7 Å². The van der Waals surface area contributed by atoms with Crippen LogP contribution in [0.2, 0.25) is 0 Å². The molecule has 1 aromatic heterocycles. The van der Waals surface area contributed by atoms with E-state index >= 15 is 0 Å². The molecule has 1 fully saturated rings. The van der Waals surface area contributed by atoms with Crippen LogP contribution in [0.4, 0.5) is 4.79 Å². The van der Waals surface area contributed by atoms with E-state index in [9.17, 15) is 9.59 Å². The number of furan rings is 1. The number of carbonyl (C=O) groups excluding carboxylic acids is 2. The summed E-state index contributed by atoms with van der Waals surface area (Å²) in [5, 5.41) is 2.91. The van der Waals surface area contributed by atoms with Gasteiger partial charge in [-0.1, -0.05) is 0 Å². The average Bonchev–Trinajstić information content (AvgIpc) is 2.94. The number of hydrogen-bond donors (Lipinski definition) is 1. The molecule has 2 rings (SSSR count). The molecule has 0 unspecified atom stereocenters. The summed E-state index contributed by atoms with van der Waals surface area (Å²) in [6, 6.07) is 1.73. The van der Waals surface area contributed by atoms with Crippen molar-refractivity contribution < 1.29 is 23.5 Å². The molecule has 0 atom stereocenters. The van der Waals surface area contributed by atoms with E-state index in [1.807, 2.05) is 20.8 Å². The molecule has 1 saturated heterocycles. The van der Waals surface area contributed by atoms with Gasteiger partial charge in [0, 0.05) is 19.1 Å². The van der Waals surface area contributed by atoms with Crippen LogP contribution in [0.5, 0.6) is 0 Å². The summed E-state index contributed by atoms with van der Waals surface area (Å²) >= 11 is 0. The van der Waals surface area contributed by atoms with Gasteiger partial charge in [0.1, 0.15) is 16.9 Å². The third-order valence-corrected chi connectivity index (χ3v) is 3.83. The van der Waals surface area contributed by atoms with E-state index in [2.05, 4.69) is 10.2 Å². The highest BCUT2D eigenvalue weighted by atomic mass is 16.6. The lowest BCUT2D eigenvalue weighted by molar-refractivity contribution is 0.0473. The molecule has 1 aliphatic rings. The van der Waals surface area contributed by atoms with Crippen LogP contribution in [0.1, 0.15) is 49.7 Å². The molecular weight excluding hydrogens is 312 g/mol. The first-order chi connectivity index (χ1) is 11.3. The van der Waals surface area contributed by atoms with Gasteiger partial charge in [-0.3, -0.25) is 4.90 Å². The summed E-state index contributed by atoms with van der Waals surface area (Å²) in [6.07, 6.45) is 2.78. The summed E-state index contributed by atoms with van der Waals surface area (Å²) in [5.74, 6) is 0.223. The van der Waals surface area contributed by atoms with Gasteiger partial charge in [0.2, 0.25) is 0 Å². The summed E-state index contributed by atoms with van der Waals surface area (Å²) in [7, 11) is 1.35. The smallest absolute Gasteiger partial charge is 0.407 e. The Morgan fingerprint density at radius 1 is 1.33 bits per heavy atom. The van der Waals surface area contributed by atoms with Crippen LogP contribution in [-0.2, 0) is 16.0 Å². The minimum absolute atomic E-state index is 0.104. The fourth-order valence-corrected chi connectivity index (χ4v) is 2.67. The summed E-state index contributed by atoms with van der Waals surface area (Å²) in [6.45, 7) is 7.70. The van der Waals surface area contributed by atoms with Gasteiger partial charge in [-0.2, -0.15) is 0 Å². The molecule has 1 aromatic rings. The summed E-state index contributed by atoms with van der Waals surface area (Å²) in [5.41, 5.74) is -0.0274. The lowest BCUT2D eigenvalue weighted by Gasteiger charge is -2.32. The summed E-state index contributed by atoms with van der Waals surface area (Å²) in [4.78, 5) is 25.7. The van der Waals surface area contributed by atoms with Crippen LogP contribution >= 0.6 is 0 Å². The molecule has 2 heterocycles. The van der Waals surface area contributed by atoms with Crippen LogP contribution in [0.25, 0.3) is 0 Å². The Balaban J connectivity index is 1.80. The molecule has 7 heteroatoms. The van der Waals surface area contributed by atoms with Gasteiger partial charge in [0.05, 0.1) is 19.9 Å². The Hall–Kier alpha value is -2.02. The van der Waals surface area contributed by atoms with Crippen LogP contribution in [-0.4, -0.2) is 48.8 Å². The van der Waals surface area contributed by atoms with Gasteiger partial charge in [0.25, 0.3) is 0 Å². The maximum absolute atomic E-state index is 11.8. The number of methoxy groups -OCH3 is 1. The number of nitrogens with zero attached hydrogens (tertiary/aromatic N) is 1. The van der Waals surface area contributed by atoms with E-state index in [1.54, 1.807) is 6.07 Å². The second-order valence-electron chi connectivity index (χ2n) is 6.95. The van der Waals surface area contributed by atoms with E-state index in [-0.39, 0.29) is 18.1 Å². The SMILES string of the molecule is COC(=O)c1ccoc1CN1CCC(NC(=O)OC(C)(C)C)CC1. The highest BCUT2D eigenvalue weighted by molar-refractivity contribution is 5.90. The fraction of sp³-hybridized carbons (Fsp3) is 0.647. The highest BCUT2D eigenvalue weighted by Gasteiger charge is 2.25. The zero-order valence-corrected chi connectivity index (χ0v) is 14.8. The highest BCUT2D eigenvalue weighted by Crippen LogP contribution is 2.18. The quantitative estimate of drug-likeness (QED) is 0.850. The second kappa shape index (κ2) is 7.70. The number of nitrogens with one attached hydrogen (secondary N) is 1. The molecule has 1 amide bonds. The maximum atomic E-state index is 11.8. The Bertz CT molecular complexity index is 568. The molecule has 0 aliphatic carbocycles. The van der Waals surface area contributed by atoms with Crippen molar-refractivity contribution in [3.05, 3.63) is 23.7 Å². The zero-order valence-electron chi connectivity index (χ0n) is 14.8. The number of ether oxygens (including phenoxy) is 2. The number of alkyl carbamates (subject to hydrolysis) is 1. The van der Waals surface area contributed by atoms with E-state index in [0.29, 0.717) is 17.9 Å². The predicted octanol–water partition coefficient (Wildman–Crippen LogP) is 2.56. The number of rotatable bonds is 4. The van der Waals surface area contributed by atoms with E-state index in [1.165, 1.54) is 13.4 Å². The van der Waals surface area contributed by atoms with Crippen LogP contribution < -0.4 is 5.32 Å². The molecule has 1 aliphatic heterocycles. The lowest BCUT2D eigenvalue weighted by atomic mass is 10.0. The van der Waals surface area contributed by atoms with Crippen molar-refractivity contribution in [2.24, 2.45) is 0 Å². The molecular formula is C17H26N2O5. The third-order valence-electron chi connectivity index (χ3n) is 3.83. The minimum atomic E-state index is -0.492. The molecule has 7 nitrogen and oxygen atoms in total. The minimum Gasteiger partial charge on any atom is -0.467 e. The largest absolute Gasteiger partial charge is 0.467 e. The second-order valence-corrected chi connectivity index (χ2v) is 6.95. The first-order valence-electron chi connectivity index (χ1n) is 8.15. The molecule has 134 valence electrons. The number of esters is 1. The van der Waals surface area contributed by atoms with Crippen molar-refractivity contribution in [1.29, 1.82) is 0 Å². The van der Waals surface area contributed by atoms with E-state index in [0.717, 1.165) is 25.9 Å². The van der Waals surface area contributed by atoms with Gasteiger partial charge >= 0.3 is 12.1 Å². The van der Waals surface area contributed by atoms with Gasteiger partial charge in [-0.05, 0) is 39.7 Å². The Morgan fingerprint density at radius 3 is 2.58 bits per heavy atom. The molecule has 0 aromatic carbocycles. The maximum Gasteiger partial charge on any atom is 0.407 e. The van der Waals surface area contributed by atoms with E-state index < -0.39 is 5.60 Å². The standard InChI is InChI=1S/C17H26N2O5/c1-17(2,3)24-16(21)18-12-5-8-19(9-6-12)11-14-13(7-10-23-14)15(20)22-4/h7,10,12H,5-6,8-9,11H2,1-4H3,(H,18,21). The van der Waals surface area contributed by atoms with Crippen molar-refractivity contribution in [1.82, 2.24) is 10.2 Å². The monoisotopic (exact) mass is 338 g/mol. The van der Waals surface area contributed by atoms with Crippen LogP contribution in [0.3, 0.4) is 0 Å². The van der Waals surface area contributed by atoms with E-state index in [4.69, 9.17) is 13.9 Å². The molecule has 0 bridgehead atoms. The fourth-order valence-electron chi connectivity index (χ4n) is 2.67. The molecule has 0 radical (unpaired) electrons. The third kappa shape index (κ3) is 5.26. The van der Waals surface area contributed by atoms with Crippen LogP contribution in [0, 0.1) is 0 Å². The van der Waals surface area contributed by atoms with Gasteiger partial charge < -0.3 is 19.2 Å². The normalized spacial score (nSPS) is 16.7. The molecule has 1 N–H and O–H groups in total. The molecule has 24 heavy (non-hydrogen) atoms. The number of hydrogen-bond acceptors (Lipinski definition) is 6. The molecule has 0 spiro atoms. The lowest BCUT2D eigenvalue weighted by Crippen LogP contribution is -2.45. The van der Waals surface area contributed by atoms with Crippen molar-refractivity contribution in [2.75, 3.05) is 20.2 Å². The van der Waals surface area contributed by atoms with Crippen molar-refractivity contribution in [3.8, 4) is 0 Å². The van der Waals surface area contributed by atoms with Gasteiger partial charge in [-0.15, -0.1) is 0 Å². The zero-order chi connectivity index (χ0) is 17.7. The Morgan fingerprint density at radius 2 is 2.00 bits per heavy atom. The van der Waals surface area contributed by atoms with Crippen molar-refractivity contribution in [3.63, 3.8) is 0 Å². The Labute approximate surface area is 142 Å². The number of carbonyl (C=O) groups is 2. The number of likely N-dealkylation sites (tertiary alicyclic amines) is 1. The number of piperidine rings is 1. The van der Waals surface area contributed by atoms with Crippen molar-refractivity contribution in [2.45, 2.75) is 51.8 Å². The first-order valence-corrected chi connectivity index (χ1v) is 8.15. The first kappa shape index (κ1) is 18.3. The average molecular weight is 338 g/mol. The molecule has 0 saturated carbocycles.